The van der Waals surface area contributed by atoms with Crippen LogP contribution in [0.15, 0.2) is 0 Å². The average Bonchev–Trinajstić information content (AvgIpc) is 2.56. The molecule has 0 aliphatic carbocycles. The Labute approximate surface area is 154 Å². The van der Waals surface area contributed by atoms with E-state index in [2.05, 4.69) is 11.6 Å². The standard InChI is InChI=1S/C20H43NO2S/c1-2-3-4-5-6-7-8-9-10-11-12-13-14-15-16-17-18-19-20-21-24(22)23/h21H,2-20H2,1H3,(H,22,23)/p-1. The van der Waals surface area contributed by atoms with Crippen LogP contribution in [0.3, 0.4) is 0 Å². The Kier molecular flexibility index (Phi) is 21.2. The summed E-state index contributed by atoms with van der Waals surface area (Å²) in [7, 11) is 0. The minimum atomic E-state index is -2.08. The Morgan fingerprint density at radius 2 is 0.875 bits per heavy atom. The maximum atomic E-state index is 10.3. The van der Waals surface area contributed by atoms with E-state index < -0.39 is 11.3 Å². The minimum Gasteiger partial charge on any atom is -0.760 e. The van der Waals surface area contributed by atoms with E-state index in [0.717, 1.165) is 12.8 Å². The van der Waals surface area contributed by atoms with Crippen LogP contribution in [0.4, 0.5) is 0 Å². The Morgan fingerprint density at radius 3 is 1.17 bits per heavy atom. The zero-order valence-corrected chi connectivity index (χ0v) is 17.0. The van der Waals surface area contributed by atoms with E-state index in [4.69, 9.17) is 0 Å². The van der Waals surface area contributed by atoms with Crippen molar-refractivity contribution in [1.82, 2.24) is 4.72 Å². The molecule has 4 heteroatoms. The van der Waals surface area contributed by atoms with Crippen molar-refractivity contribution in [3.63, 3.8) is 0 Å². The first-order valence-electron chi connectivity index (χ1n) is 10.6. The second kappa shape index (κ2) is 21.1. The molecule has 24 heavy (non-hydrogen) atoms. The van der Waals surface area contributed by atoms with Gasteiger partial charge in [-0.25, -0.2) is 4.72 Å². The highest BCUT2D eigenvalue weighted by Crippen LogP contribution is 2.14. The van der Waals surface area contributed by atoms with Crippen LogP contribution in [-0.4, -0.2) is 15.3 Å². The van der Waals surface area contributed by atoms with Crippen LogP contribution >= 0.6 is 0 Å². The minimum absolute atomic E-state index is 0.592. The van der Waals surface area contributed by atoms with E-state index in [1.165, 1.54) is 103 Å². The quantitative estimate of drug-likeness (QED) is 0.201. The fraction of sp³-hybridized carbons (Fsp3) is 1.00. The molecule has 146 valence electrons. The molecular formula is C20H42NO2S-. The van der Waals surface area contributed by atoms with Gasteiger partial charge in [-0.3, -0.25) is 4.21 Å². The SMILES string of the molecule is CCCCCCCCCCCCCCCCCCCCNS(=O)[O-]. The first-order chi connectivity index (χ1) is 11.8. The molecular weight excluding hydrogens is 318 g/mol. The highest BCUT2D eigenvalue weighted by Gasteiger charge is 1.95. The van der Waals surface area contributed by atoms with Crippen LogP contribution in [-0.2, 0) is 11.3 Å². The van der Waals surface area contributed by atoms with Gasteiger partial charge in [-0.1, -0.05) is 116 Å². The average molecular weight is 361 g/mol. The summed E-state index contributed by atoms with van der Waals surface area (Å²) in [5.74, 6) is 0. The molecule has 1 unspecified atom stereocenters. The monoisotopic (exact) mass is 360 g/mol. The van der Waals surface area contributed by atoms with E-state index in [-0.39, 0.29) is 0 Å². The molecule has 0 radical (unpaired) electrons. The largest absolute Gasteiger partial charge is 0.760 e. The second-order valence-corrected chi connectivity index (χ2v) is 7.90. The van der Waals surface area contributed by atoms with Crippen molar-refractivity contribution in [2.45, 2.75) is 122 Å². The topological polar surface area (TPSA) is 52.2 Å². The zero-order valence-electron chi connectivity index (χ0n) is 16.2. The zero-order chi connectivity index (χ0) is 17.7. The molecule has 0 fully saturated rings. The van der Waals surface area contributed by atoms with Gasteiger partial charge in [0, 0.05) is 17.8 Å². The van der Waals surface area contributed by atoms with Crippen molar-refractivity contribution < 1.29 is 8.76 Å². The summed E-state index contributed by atoms with van der Waals surface area (Å²) in [6.45, 7) is 2.87. The van der Waals surface area contributed by atoms with E-state index in [0.29, 0.717) is 6.54 Å². The lowest BCUT2D eigenvalue weighted by molar-refractivity contribution is 0.513. The van der Waals surface area contributed by atoms with Gasteiger partial charge in [0.05, 0.1) is 0 Å². The van der Waals surface area contributed by atoms with Crippen LogP contribution in [0, 0.1) is 0 Å². The third kappa shape index (κ3) is 22.1. The molecule has 3 nitrogen and oxygen atoms in total. The highest BCUT2D eigenvalue weighted by molar-refractivity contribution is 7.77. The third-order valence-corrected chi connectivity index (χ3v) is 5.19. The molecule has 0 spiro atoms. The smallest absolute Gasteiger partial charge is 0.0181 e. The van der Waals surface area contributed by atoms with Crippen molar-refractivity contribution >= 4 is 11.3 Å². The molecule has 0 bridgehead atoms. The predicted octanol–water partition coefficient (Wildman–Crippen LogP) is 6.41. The lowest BCUT2D eigenvalue weighted by Crippen LogP contribution is -2.17. The Hall–Kier alpha value is 0.0700. The Balaban J connectivity index is 2.97. The number of rotatable bonds is 20. The lowest BCUT2D eigenvalue weighted by atomic mass is 10.0. The van der Waals surface area contributed by atoms with E-state index >= 15 is 0 Å². The van der Waals surface area contributed by atoms with Crippen molar-refractivity contribution in [2.24, 2.45) is 0 Å². The van der Waals surface area contributed by atoms with Gasteiger partial charge in [0.25, 0.3) is 0 Å². The maximum absolute atomic E-state index is 10.3. The van der Waals surface area contributed by atoms with Crippen LogP contribution in [0.2, 0.25) is 0 Å². The van der Waals surface area contributed by atoms with E-state index in [1.54, 1.807) is 0 Å². The number of nitrogens with one attached hydrogen (secondary N) is 1. The van der Waals surface area contributed by atoms with Gasteiger partial charge < -0.3 is 4.55 Å². The third-order valence-electron chi connectivity index (χ3n) is 4.75. The molecule has 0 saturated carbocycles. The summed E-state index contributed by atoms with van der Waals surface area (Å²) in [5.41, 5.74) is 0. The van der Waals surface area contributed by atoms with Crippen LogP contribution < -0.4 is 4.72 Å². The van der Waals surface area contributed by atoms with Crippen molar-refractivity contribution in [3.05, 3.63) is 0 Å². The summed E-state index contributed by atoms with van der Waals surface area (Å²) < 4.78 is 23.0. The molecule has 0 aromatic rings. The Bertz CT molecular complexity index is 262. The first-order valence-corrected chi connectivity index (χ1v) is 11.7. The van der Waals surface area contributed by atoms with Crippen molar-refractivity contribution in [2.75, 3.05) is 6.54 Å². The fourth-order valence-corrected chi connectivity index (χ4v) is 3.49. The molecule has 0 rings (SSSR count). The number of unbranched alkanes of at least 4 members (excludes halogenated alkanes) is 17. The van der Waals surface area contributed by atoms with Gasteiger partial charge in [-0.15, -0.1) is 0 Å². The second-order valence-electron chi connectivity index (χ2n) is 7.14. The molecule has 1 N–H and O–H groups in total. The van der Waals surface area contributed by atoms with Gasteiger partial charge in [0.15, 0.2) is 0 Å². The van der Waals surface area contributed by atoms with Gasteiger partial charge in [-0.2, -0.15) is 0 Å². The molecule has 0 aromatic heterocycles. The normalized spacial score (nSPS) is 12.6. The summed E-state index contributed by atoms with van der Waals surface area (Å²) in [4.78, 5) is 0. The molecule has 0 saturated heterocycles. The summed E-state index contributed by atoms with van der Waals surface area (Å²) in [6, 6.07) is 0. The van der Waals surface area contributed by atoms with Crippen molar-refractivity contribution in [3.8, 4) is 0 Å². The molecule has 0 aliphatic rings. The Morgan fingerprint density at radius 1 is 0.583 bits per heavy atom. The summed E-state index contributed by atoms with van der Waals surface area (Å²) in [6.07, 6.45) is 24.5. The van der Waals surface area contributed by atoms with E-state index in [9.17, 15) is 8.76 Å². The van der Waals surface area contributed by atoms with Crippen LogP contribution in [0.25, 0.3) is 0 Å². The summed E-state index contributed by atoms with van der Waals surface area (Å²) >= 11 is -2.08. The molecule has 0 amide bonds. The number of hydrogen-bond donors (Lipinski definition) is 1. The lowest BCUT2D eigenvalue weighted by Gasteiger charge is -2.06. The fourth-order valence-electron chi connectivity index (χ4n) is 3.18. The van der Waals surface area contributed by atoms with Crippen molar-refractivity contribution in [1.29, 1.82) is 0 Å². The summed E-state index contributed by atoms with van der Waals surface area (Å²) in [5, 5.41) is 0. The van der Waals surface area contributed by atoms with Crippen LogP contribution in [0.5, 0.6) is 0 Å². The molecule has 0 heterocycles. The first kappa shape index (κ1) is 24.1. The number of hydrogen-bond acceptors (Lipinski definition) is 2. The maximum Gasteiger partial charge on any atom is 0.0181 e. The van der Waals surface area contributed by atoms with Gasteiger partial charge in [0.2, 0.25) is 0 Å². The molecule has 0 aromatic carbocycles. The molecule has 0 aliphatic heterocycles. The van der Waals surface area contributed by atoms with Gasteiger partial charge >= 0.3 is 0 Å². The van der Waals surface area contributed by atoms with Crippen LogP contribution in [0.1, 0.15) is 122 Å². The van der Waals surface area contributed by atoms with E-state index in [1.807, 2.05) is 0 Å². The van der Waals surface area contributed by atoms with Gasteiger partial charge in [0.1, 0.15) is 0 Å². The molecule has 1 atom stereocenters. The predicted molar refractivity (Wildman–Crippen MR) is 106 cm³/mol. The highest BCUT2D eigenvalue weighted by atomic mass is 32.2. The van der Waals surface area contributed by atoms with Gasteiger partial charge in [-0.05, 0) is 6.42 Å².